The molecule has 0 spiro atoms. The van der Waals surface area contributed by atoms with E-state index in [9.17, 15) is 5.11 Å². The summed E-state index contributed by atoms with van der Waals surface area (Å²) in [5, 5.41) is 18.8. The number of aryl methyl sites for hydroxylation is 1. The summed E-state index contributed by atoms with van der Waals surface area (Å²) in [5.74, 6) is 0.0996. The van der Waals surface area contributed by atoms with Crippen molar-refractivity contribution in [2.45, 2.75) is 25.1 Å². The first-order valence-electron chi connectivity index (χ1n) is 7.52. The molecule has 0 bridgehead atoms. The summed E-state index contributed by atoms with van der Waals surface area (Å²) in [4.78, 5) is 4.30. The minimum Gasteiger partial charge on any atom is -0.386 e. The Bertz CT molecular complexity index is 852. The predicted molar refractivity (Wildman–Crippen MR) is 78.9 cm³/mol. The average Bonchev–Trinajstić information content (AvgIpc) is 3.23. The number of rotatable bonds is 1. The number of hydrogen-bond acceptors (Lipinski definition) is 4. The maximum absolute atomic E-state index is 10.8. The van der Waals surface area contributed by atoms with Gasteiger partial charge in [0, 0.05) is 18.0 Å². The summed E-state index contributed by atoms with van der Waals surface area (Å²) in [7, 11) is 0. The molecular weight excluding hydrogens is 278 g/mol. The fourth-order valence-electron chi connectivity index (χ4n) is 3.96. The molecule has 5 rings (SSSR count). The molecule has 6 heteroatoms. The van der Waals surface area contributed by atoms with Gasteiger partial charge >= 0.3 is 0 Å². The minimum absolute atomic E-state index is 0.0996. The number of fused-ring (bicyclic) bond motifs is 4. The van der Waals surface area contributed by atoms with Crippen LogP contribution in [0.5, 0.6) is 0 Å². The first-order chi connectivity index (χ1) is 10.8. The Balaban J connectivity index is 1.65. The molecule has 3 atom stereocenters. The third-order valence-corrected chi connectivity index (χ3v) is 4.96. The van der Waals surface area contributed by atoms with Crippen molar-refractivity contribution >= 4 is 0 Å². The largest absolute Gasteiger partial charge is 0.386 e. The van der Waals surface area contributed by atoms with Gasteiger partial charge in [0.05, 0.1) is 36.2 Å². The molecule has 2 aliphatic rings. The number of aliphatic hydroxyl groups is 1. The van der Waals surface area contributed by atoms with Crippen LogP contribution < -0.4 is 0 Å². The maximum atomic E-state index is 10.8. The van der Waals surface area contributed by atoms with Crippen molar-refractivity contribution in [3.8, 4) is 11.3 Å². The predicted octanol–water partition coefficient (Wildman–Crippen LogP) is 1.80. The highest BCUT2D eigenvalue weighted by Crippen LogP contribution is 2.48. The molecule has 3 aromatic rings. The van der Waals surface area contributed by atoms with Crippen molar-refractivity contribution < 1.29 is 5.11 Å². The van der Waals surface area contributed by atoms with Crippen molar-refractivity contribution in [2.75, 3.05) is 0 Å². The lowest BCUT2D eigenvalue weighted by molar-refractivity contribution is 0.0524. The molecule has 4 heterocycles. The van der Waals surface area contributed by atoms with E-state index in [2.05, 4.69) is 44.1 Å². The molecular formula is C16H15N5O. The molecule has 22 heavy (non-hydrogen) atoms. The molecule has 1 N–H and O–H groups in total. The summed E-state index contributed by atoms with van der Waals surface area (Å²) in [6, 6.07) is 8.52. The molecule has 0 amide bonds. The number of imidazole rings is 1. The van der Waals surface area contributed by atoms with Gasteiger partial charge in [0.1, 0.15) is 6.10 Å². The lowest BCUT2D eigenvalue weighted by Crippen LogP contribution is -2.31. The van der Waals surface area contributed by atoms with E-state index in [0.717, 1.165) is 24.4 Å². The fraction of sp³-hybridized carbons (Fsp3) is 0.312. The van der Waals surface area contributed by atoms with Crippen molar-refractivity contribution in [3.05, 3.63) is 54.2 Å². The van der Waals surface area contributed by atoms with Gasteiger partial charge in [-0.15, -0.1) is 5.10 Å². The molecule has 1 aromatic carbocycles. The topological polar surface area (TPSA) is 68.8 Å². The van der Waals surface area contributed by atoms with Crippen molar-refractivity contribution in [1.82, 2.24) is 24.5 Å². The van der Waals surface area contributed by atoms with Gasteiger partial charge in [-0.25, -0.2) is 9.67 Å². The highest BCUT2D eigenvalue weighted by molar-refractivity contribution is 5.69. The lowest BCUT2D eigenvalue weighted by Gasteiger charge is -2.33. The zero-order valence-corrected chi connectivity index (χ0v) is 11.9. The highest BCUT2D eigenvalue weighted by Gasteiger charge is 2.41. The van der Waals surface area contributed by atoms with E-state index >= 15 is 0 Å². The van der Waals surface area contributed by atoms with Gasteiger partial charge in [0.15, 0.2) is 0 Å². The second-order valence-corrected chi connectivity index (χ2v) is 6.00. The fourth-order valence-corrected chi connectivity index (χ4v) is 3.96. The zero-order chi connectivity index (χ0) is 14.7. The van der Waals surface area contributed by atoms with Gasteiger partial charge in [-0.05, 0) is 12.0 Å². The summed E-state index contributed by atoms with van der Waals surface area (Å²) in [5.41, 5.74) is 4.42. The number of benzene rings is 1. The summed E-state index contributed by atoms with van der Waals surface area (Å²) in [6.45, 7) is 0.791. The normalized spacial score (nSPS) is 25.6. The maximum Gasteiger partial charge on any atom is 0.102 e. The van der Waals surface area contributed by atoms with Crippen LogP contribution in [0.25, 0.3) is 11.3 Å². The van der Waals surface area contributed by atoms with Crippen LogP contribution in [0.3, 0.4) is 0 Å². The highest BCUT2D eigenvalue weighted by atomic mass is 16.3. The monoisotopic (exact) mass is 293 g/mol. The van der Waals surface area contributed by atoms with Crippen LogP contribution in [0.4, 0.5) is 0 Å². The van der Waals surface area contributed by atoms with E-state index < -0.39 is 6.10 Å². The van der Waals surface area contributed by atoms with E-state index in [4.69, 9.17) is 0 Å². The number of aliphatic hydroxyl groups excluding tert-OH is 1. The SMILES string of the molecule is O[C@H]1c2cnnn2CC[C@@H]1C1c2ccccc2-c2cncn21. The second kappa shape index (κ2) is 4.27. The van der Waals surface area contributed by atoms with Crippen LogP contribution in [0.1, 0.15) is 29.8 Å². The molecule has 0 saturated carbocycles. The first-order valence-corrected chi connectivity index (χ1v) is 7.52. The van der Waals surface area contributed by atoms with Gasteiger partial charge in [-0.3, -0.25) is 0 Å². The molecule has 0 aliphatic carbocycles. The summed E-state index contributed by atoms with van der Waals surface area (Å²) in [6.07, 6.45) is 5.76. The smallest absolute Gasteiger partial charge is 0.102 e. The van der Waals surface area contributed by atoms with Crippen LogP contribution in [0.2, 0.25) is 0 Å². The van der Waals surface area contributed by atoms with Crippen LogP contribution in [0, 0.1) is 5.92 Å². The molecule has 2 aromatic heterocycles. The molecule has 0 saturated heterocycles. The van der Waals surface area contributed by atoms with Crippen LogP contribution in [-0.2, 0) is 6.54 Å². The Hall–Kier alpha value is -2.47. The minimum atomic E-state index is -0.560. The molecule has 0 radical (unpaired) electrons. The summed E-state index contributed by atoms with van der Waals surface area (Å²) >= 11 is 0. The van der Waals surface area contributed by atoms with E-state index in [1.54, 1.807) is 10.9 Å². The van der Waals surface area contributed by atoms with Gasteiger partial charge in [0.25, 0.3) is 0 Å². The Labute approximate surface area is 127 Å². The first kappa shape index (κ1) is 12.1. The van der Waals surface area contributed by atoms with Crippen LogP contribution in [-0.4, -0.2) is 29.7 Å². The third kappa shape index (κ3) is 1.45. The standard InChI is InChI=1S/C16H15N5O/c22-16-12(5-6-21-14(16)8-18-19-21)15-11-4-2-1-3-10(11)13-7-17-9-20(13)15/h1-4,7-9,12,15-16,22H,5-6H2/t12-,15?,16-/m1/s1. The Morgan fingerprint density at radius 2 is 2.09 bits per heavy atom. The van der Waals surface area contributed by atoms with Gasteiger partial charge in [-0.1, -0.05) is 29.5 Å². The Kier molecular flexibility index (Phi) is 2.35. The van der Waals surface area contributed by atoms with Crippen molar-refractivity contribution in [1.29, 1.82) is 0 Å². The van der Waals surface area contributed by atoms with Gasteiger partial charge in [-0.2, -0.15) is 0 Å². The Morgan fingerprint density at radius 1 is 1.18 bits per heavy atom. The quantitative estimate of drug-likeness (QED) is 0.743. The van der Waals surface area contributed by atoms with Gasteiger partial charge in [0.2, 0.25) is 0 Å². The molecule has 110 valence electrons. The lowest BCUT2D eigenvalue weighted by atomic mass is 9.83. The van der Waals surface area contributed by atoms with Crippen LogP contribution in [0.15, 0.2) is 43.0 Å². The molecule has 1 unspecified atom stereocenters. The summed E-state index contributed by atoms with van der Waals surface area (Å²) < 4.78 is 3.99. The Morgan fingerprint density at radius 3 is 3.05 bits per heavy atom. The third-order valence-electron chi connectivity index (χ3n) is 4.96. The number of nitrogens with zero attached hydrogens (tertiary/aromatic N) is 5. The average molecular weight is 293 g/mol. The van der Waals surface area contributed by atoms with E-state index in [0.29, 0.717) is 0 Å². The van der Waals surface area contributed by atoms with Gasteiger partial charge < -0.3 is 9.67 Å². The zero-order valence-electron chi connectivity index (χ0n) is 11.9. The van der Waals surface area contributed by atoms with E-state index in [-0.39, 0.29) is 12.0 Å². The van der Waals surface area contributed by atoms with Crippen LogP contribution >= 0.6 is 0 Å². The second-order valence-electron chi connectivity index (χ2n) is 6.00. The van der Waals surface area contributed by atoms with E-state index in [1.807, 2.05) is 12.5 Å². The number of hydrogen-bond donors (Lipinski definition) is 1. The molecule has 2 aliphatic heterocycles. The molecule has 6 nitrogen and oxygen atoms in total. The van der Waals surface area contributed by atoms with Crippen molar-refractivity contribution in [3.63, 3.8) is 0 Å². The number of aromatic nitrogens is 5. The molecule has 0 fully saturated rings. The van der Waals surface area contributed by atoms with Crippen molar-refractivity contribution in [2.24, 2.45) is 5.92 Å². The van der Waals surface area contributed by atoms with E-state index in [1.165, 1.54) is 11.1 Å².